The van der Waals surface area contributed by atoms with Crippen molar-refractivity contribution in [1.29, 1.82) is 0 Å². The Labute approximate surface area is 144 Å². The number of fused-ring (bicyclic) bond motifs is 1. The Morgan fingerprint density at radius 2 is 1.92 bits per heavy atom. The van der Waals surface area contributed by atoms with Crippen LogP contribution in [0.2, 0.25) is 0 Å². The number of morpholine rings is 1. The third kappa shape index (κ3) is 2.74. The largest absolute Gasteiger partial charge is 0.416 e. The van der Waals surface area contributed by atoms with Gasteiger partial charge in [-0.2, -0.15) is 9.50 Å². The quantitative estimate of drug-likeness (QED) is 0.722. The van der Waals surface area contributed by atoms with Gasteiger partial charge in [-0.1, -0.05) is 18.2 Å². The van der Waals surface area contributed by atoms with Gasteiger partial charge in [0, 0.05) is 25.8 Å². The van der Waals surface area contributed by atoms with E-state index >= 15 is 0 Å². The first kappa shape index (κ1) is 15.6. The number of aromatic nitrogens is 3. The van der Waals surface area contributed by atoms with Gasteiger partial charge >= 0.3 is 5.84 Å². The number of nitrogens with zero attached hydrogens (tertiary/aromatic N) is 5. The maximum absolute atomic E-state index is 12.8. The summed E-state index contributed by atoms with van der Waals surface area (Å²) in [5.41, 5.74) is 1.43. The average molecular weight is 341 g/mol. The first-order chi connectivity index (χ1) is 12.1. The van der Waals surface area contributed by atoms with Crippen LogP contribution in [-0.2, 0) is 4.74 Å². The summed E-state index contributed by atoms with van der Waals surface area (Å²) in [4.78, 5) is 20.8. The average Bonchev–Trinajstić information content (AvgIpc) is 3.22. The Balaban J connectivity index is 1.63. The highest BCUT2D eigenvalue weighted by Gasteiger charge is 2.25. The minimum atomic E-state index is -0.232. The molecule has 0 saturated carbocycles. The van der Waals surface area contributed by atoms with E-state index in [1.165, 1.54) is 0 Å². The van der Waals surface area contributed by atoms with Crippen LogP contribution < -0.4 is 9.80 Å². The van der Waals surface area contributed by atoms with Crippen molar-refractivity contribution >= 4 is 23.4 Å². The molecule has 0 bridgehead atoms. The van der Waals surface area contributed by atoms with Crippen molar-refractivity contribution in [3.63, 3.8) is 0 Å². The first-order valence-electron chi connectivity index (χ1n) is 8.17. The summed E-state index contributed by atoms with van der Waals surface area (Å²) in [5.74, 6) is 0.933. The lowest BCUT2D eigenvalue weighted by molar-refractivity contribution is 0.0967. The smallest absolute Gasteiger partial charge is 0.327 e. The number of carbonyl (C=O) groups excluding carboxylic acids is 1. The lowest BCUT2D eigenvalue weighted by atomic mass is 10.2. The highest BCUT2D eigenvalue weighted by atomic mass is 16.5. The number of amides is 1. The Morgan fingerprint density at radius 1 is 1.20 bits per heavy atom. The molecule has 1 saturated heterocycles. The first-order valence-corrected chi connectivity index (χ1v) is 8.17. The highest BCUT2D eigenvalue weighted by Crippen LogP contribution is 2.22. The summed E-state index contributed by atoms with van der Waals surface area (Å²) in [5, 5.41) is 4.48. The molecule has 1 aromatic carbocycles. The number of oxazole rings is 1. The van der Waals surface area contributed by atoms with Crippen LogP contribution in [-0.4, -0.2) is 53.9 Å². The van der Waals surface area contributed by atoms with Crippen LogP contribution in [0.5, 0.6) is 0 Å². The monoisotopic (exact) mass is 341 g/mol. The van der Waals surface area contributed by atoms with Gasteiger partial charge in [-0.05, 0) is 19.1 Å². The molecule has 0 atom stereocenters. The summed E-state index contributed by atoms with van der Waals surface area (Å²) in [6.07, 6.45) is 0. The van der Waals surface area contributed by atoms with Crippen LogP contribution >= 0.6 is 0 Å². The molecule has 2 aromatic heterocycles. The second-order valence-electron chi connectivity index (χ2n) is 5.92. The van der Waals surface area contributed by atoms with Crippen molar-refractivity contribution in [3.05, 3.63) is 41.8 Å². The molecule has 0 unspecified atom stereocenters. The van der Waals surface area contributed by atoms with Gasteiger partial charge < -0.3 is 19.0 Å². The lowest BCUT2D eigenvalue weighted by Crippen LogP contribution is -2.37. The number of ether oxygens (including phenoxy) is 1. The predicted octanol–water partition coefficient (Wildman–Crippen LogP) is 1.74. The molecule has 1 amide bonds. The van der Waals surface area contributed by atoms with Gasteiger partial charge in [-0.15, -0.1) is 5.10 Å². The summed E-state index contributed by atoms with van der Waals surface area (Å²) >= 11 is 0. The lowest BCUT2D eigenvalue weighted by Gasteiger charge is -2.25. The van der Waals surface area contributed by atoms with E-state index in [9.17, 15) is 4.79 Å². The van der Waals surface area contributed by atoms with Gasteiger partial charge in [0.15, 0.2) is 0 Å². The zero-order valence-electron chi connectivity index (χ0n) is 14.2. The summed E-state index contributed by atoms with van der Waals surface area (Å²) in [7, 11) is 1.72. The minimum Gasteiger partial charge on any atom is -0.416 e. The standard InChI is InChI=1S/C17H19N5O3/c1-12-14(15(23)20(2)13-6-4-3-5-7-13)25-17-18-16(19-22(12)17)21-8-10-24-11-9-21/h3-7H,8-11H2,1-2H3. The van der Waals surface area contributed by atoms with Gasteiger partial charge in [0.1, 0.15) is 0 Å². The molecule has 130 valence electrons. The highest BCUT2D eigenvalue weighted by molar-refractivity contribution is 6.04. The van der Waals surface area contributed by atoms with Crippen LogP contribution in [0.3, 0.4) is 0 Å². The molecular weight excluding hydrogens is 322 g/mol. The van der Waals surface area contributed by atoms with Crippen LogP contribution in [0.25, 0.3) is 5.84 Å². The number of benzene rings is 1. The van der Waals surface area contributed by atoms with Crippen molar-refractivity contribution in [3.8, 4) is 0 Å². The molecule has 1 aliphatic rings. The van der Waals surface area contributed by atoms with Crippen LogP contribution in [0.4, 0.5) is 11.6 Å². The van der Waals surface area contributed by atoms with E-state index in [1.54, 1.807) is 23.4 Å². The molecule has 3 aromatic rings. The molecule has 8 nitrogen and oxygen atoms in total. The zero-order chi connectivity index (χ0) is 17.4. The fourth-order valence-corrected chi connectivity index (χ4v) is 2.85. The molecule has 0 N–H and O–H groups in total. The third-order valence-electron chi connectivity index (χ3n) is 4.34. The topological polar surface area (TPSA) is 76.1 Å². The van der Waals surface area contributed by atoms with E-state index in [0.717, 1.165) is 18.8 Å². The molecule has 1 aliphatic heterocycles. The Hall–Kier alpha value is -2.87. The summed E-state index contributed by atoms with van der Waals surface area (Å²) < 4.78 is 12.6. The second-order valence-corrected chi connectivity index (χ2v) is 5.92. The molecule has 3 heterocycles. The Bertz CT molecular complexity index is 896. The van der Waals surface area contributed by atoms with Gasteiger partial charge in [0.2, 0.25) is 11.7 Å². The van der Waals surface area contributed by atoms with Crippen molar-refractivity contribution in [1.82, 2.24) is 14.6 Å². The predicted molar refractivity (Wildman–Crippen MR) is 92.2 cm³/mol. The van der Waals surface area contributed by atoms with E-state index in [2.05, 4.69) is 10.1 Å². The van der Waals surface area contributed by atoms with Gasteiger partial charge in [-0.3, -0.25) is 4.79 Å². The minimum absolute atomic E-state index is 0.232. The zero-order valence-corrected chi connectivity index (χ0v) is 14.2. The number of hydrogen-bond acceptors (Lipinski definition) is 6. The molecule has 0 aliphatic carbocycles. The maximum Gasteiger partial charge on any atom is 0.327 e. The van der Waals surface area contributed by atoms with Crippen molar-refractivity contribution < 1.29 is 13.9 Å². The number of anilines is 2. The molecular formula is C17H19N5O3. The molecule has 0 radical (unpaired) electrons. The van der Waals surface area contributed by atoms with Crippen LogP contribution in [0, 0.1) is 6.92 Å². The maximum atomic E-state index is 12.8. The van der Waals surface area contributed by atoms with Gasteiger partial charge in [0.25, 0.3) is 5.91 Å². The fourth-order valence-electron chi connectivity index (χ4n) is 2.85. The van der Waals surface area contributed by atoms with Crippen molar-refractivity contribution in [2.45, 2.75) is 6.92 Å². The Kier molecular flexibility index (Phi) is 3.89. The van der Waals surface area contributed by atoms with E-state index < -0.39 is 0 Å². The van der Waals surface area contributed by atoms with Gasteiger partial charge in [0.05, 0.1) is 18.9 Å². The number of carbonyl (C=O) groups is 1. The van der Waals surface area contributed by atoms with E-state index in [4.69, 9.17) is 9.15 Å². The second kappa shape index (κ2) is 6.21. The Morgan fingerprint density at radius 3 is 2.60 bits per heavy atom. The fraction of sp³-hybridized carbons (Fsp3) is 0.353. The van der Waals surface area contributed by atoms with Crippen LogP contribution in [0.15, 0.2) is 34.7 Å². The van der Waals surface area contributed by atoms with Crippen molar-refractivity contribution in [2.75, 3.05) is 43.2 Å². The van der Waals surface area contributed by atoms with E-state index in [0.29, 0.717) is 30.7 Å². The number of aryl methyl sites for hydroxylation is 1. The molecule has 8 heteroatoms. The van der Waals surface area contributed by atoms with E-state index in [-0.39, 0.29) is 11.7 Å². The summed E-state index contributed by atoms with van der Waals surface area (Å²) in [6, 6.07) is 9.42. The number of para-hydroxylation sites is 1. The third-order valence-corrected chi connectivity index (χ3v) is 4.34. The normalized spacial score (nSPS) is 14.9. The summed E-state index contributed by atoms with van der Waals surface area (Å²) in [6.45, 7) is 4.61. The number of hydrogen-bond donors (Lipinski definition) is 0. The molecule has 0 spiro atoms. The molecule has 4 rings (SSSR count). The van der Waals surface area contributed by atoms with E-state index in [1.807, 2.05) is 35.2 Å². The van der Waals surface area contributed by atoms with Crippen molar-refractivity contribution in [2.24, 2.45) is 0 Å². The van der Waals surface area contributed by atoms with Crippen LogP contribution in [0.1, 0.15) is 16.2 Å². The molecule has 25 heavy (non-hydrogen) atoms. The SMILES string of the molecule is Cc1c(C(=O)N(C)c2ccccc2)oc2nc(N3CCOCC3)nn12. The number of rotatable bonds is 3. The van der Waals surface area contributed by atoms with Gasteiger partial charge in [-0.25, -0.2) is 0 Å². The molecule has 1 fully saturated rings.